The predicted molar refractivity (Wildman–Crippen MR) is 71.9 cm³/mol. The van der Waals surface area contributed by atoms with Crippen molar-refractivity contribution < 1.29 is 0 Å². The minimum absolute atomic E-state index is 1.22. The van der Waals surface area contributed by atoms with E-state index in [1.165, 1.54) is 84.1 Å². The van der Waals surface area contributed by atoms with Crippen LogP contribution in [0.25, 0.3) is 0 Å². The average Bonchev–Trinajstić information content (AvgIpc) is 2.25. The lowest BCUT2D eigenvalue weighted by molar-refractivity contribution is 0.247. The fourth-order valence-electron chi connectivity index (χ4n) is 2.43. The van der Waals surface area contributed by atoms with E-state index in [0.29, 0.717) is 0 Å². The van der Waals surface area contributed by atoms with E-state index in [1.54, 1.807) is 0 Å². The Morgan fingerprint density at radius 1 is 0.875 bits per heavy atom. The summed E-state index contributed by atoms with van der Waals surface area (Å²) in [6.07, 6.45) is 11.2. The number of unbranched alkanes of at least 4 members (excludes halogenated alkanes) is 5. The van der Waals surface area contributed by atoms with E-state index >= 15 is 0 Å². The van der Waals surface area contributed by atoms with E-state index < -0.39 is 0 Å². The smallest absolute Gasteiger partial charge is 0.000663 e. The summed E-state index contributed by atoms with van der Waals surface area (Å²) in [5.41, 5.74) is 0. The van der Waals surface area contributed by atoms with Crippen molar-refractivity contribution >= 4 is 0 Å². The Morgan fingerprint density at radius 2 is 1.50 bits per heavy atom. The van der Waals surface area contributed by atoms with Gasteiger partial charge in [0.2, 0.25) is 0 Å². The van der Waals surface area contributed by atoms with Crippen LogP contribution in [0.3, 0.4) is 0 Å². The van der Waals surface area contributed by atoms with Gasteiger partial charge >= 0.3 is 0 Å². The number of nitrogens with zero attached hydrogens (tertiary/aromatic N) is 1. The first-order valence-electron chi connectivity index (χ1n) is 7.36. The minimum Gasteiger partial charge on any atom is -0.317 e. The Hall–Kier alpha value is -0.0800. The summed E-state index contributed by atoms with van der Waals surface area (Å²) in [4.78, 5) is 2.67. The summed E-state index contributed by atoms with van der Waals surface area (Å²) < 4.78 is 0. The van der Waals surface area contributed by atoms with Crippen molar-refractivity contribution in [1.29, 1.82) is 0 Å². The van der Waals surface area contributed by atoms with Gasteiger partial charge in [-0.25, -0.2) is 0 Å². The van der Waals surface area contributed by atoms with Crippen molar-refractivity contribution in [1.82, 2.24) is 10.2 Å². The maximum atomic E-state index is 3.47. The van der Waals surface area contributed by atoms with Crippen molar-refractivity contribution in [2.24, 2.45) is 0 Å². The van der Waals surface area contributed by atoms with Crippen molar-refractivity contribution in [3.05, 3.63) is 0 Å². The highest BCUT2D eigenvalue weighted by Crippen LogP contribution is 2.07. The zero-order valence-corrected chi connectivity index (χ0v) is 11.1. The summed E-state index contributed by atoms with van der Waals surface area (Å²) in [6.45, 7) is 8.67. The lowest BCUT2D eigenvalue weighted by atomic mass is 10.1. The standard InChI is InChI=1S/C14H30N2/c1-2-3-4-5-6-7-12-16-13-8-10-15-11-9-14-16/h15H,2-14H2,1H3. The Bertz CT molecular complexity index is 140. The second-order valence-electron chi connectivity index (χ2n) is 5.07. The topological polar surface area (TPSA) is 15.3 Å². The molecule has 0 radical (unpaired) electrons. The summed E-state index contributed by atoms with van der Waals surface area (Å²) in [5, 5.41) is 3.47. The van der Waals surface area contributed by atoms with E-state index in [1.807, 2.05) is 0 Å². The molecule has 96 valence electrons. The number of hydrogen-bond acceptors (Lipinski definition) is 2. The van der Waals surface area contributed by atoms with Crippen LogP contribution in [0.5, 0.6) is 0 Å². The summed E-state index contributed by atoms with van der Waals surface area (Å²) in [5.74, 6) is 0. The van der Waals surface area contributed by atoms with Gasteiger partial charge in [0.1, 0.15) is 0 Å². The monoisotopic (exact) mass is 226 g/mol. The molecular formula is C14H30N2. The maximum absolute atomic E-state index is 3.47. The molecule has 0 aliphatic carbocycles. The zero-order valence-electron chi connectivity index (χ0n) is 11.1. The molecule has 1 aliphatic heterocycles. The third-order valence-electron chi connectivity index (χ3n) is 3.48. The molecule has 0 aromatic carbocycles. The van der Waals surface area contributed by atoms with Gasteiger partial charge in [-0.2, -0.15) is 0 Å². The molecule has 1 rings (SSSR count). The molecule has 0 spiro atoms. The zero-order chi connectivity index (χ0) is 11.5. The van der Waals surface area contributed by atoms with Gasteiger partial charge in [0.15, 0.2) is 0 Å². The van der Waals surface area contributed by atoms with Crippen LogP contribution in [-0.4, -0.2) is 37.6 Å². The SMILES string of the molecule is CCCCCCCCN1CCCNCCC1. The predicted octanol–water partition coefficient (Wildman–Crippen LogP) is 3.03. The van der Waals surface area contributed by atoms with Crippen LogP contribution in [0.1, 0.15) is 58.3 Å². The summed E-state index contributed by atoms with van der Waals surface area (Å²) in [7, 11) is 0. The second-order valence-corrected chi connectivity index (χ2v) is 5.07. The first-order chi connectivity index (χ1) is 7.93. The summed E-state index contributed by atoms with van der Waals surface area (Å²) >= 11 is 0. The minimum atomic E-state index is 1.22. The van der Waals surface area contributed by atoms with Gasteiger partial charge < -0.3 is 10.2 Å². The van der Waals surface area contributed by atoms with Gasteiger partial charge in [-0.05, 0) is 52.0 Å². The molecule has 0 unspecified atom stereocenters. The first kappa shape index (κ1) is 14.0. The largest absolute Gasteiger partial charge is 0.317 e. The van der Waals surface area contributed by atoms with Crippen LogP contribution in [0, 0.1) is 0 Å². The Kier molecular flexibility index (Phi) is 8.83. The van der Waals surface area contributed by atoms with Gasteiger partial charge in [-0.15, -0.1) is 0 Å². The third-order valence-corrected chi connectivity index (χ3v) is 3.48. The Morgan fingerprint density at radius 3 is 2.19 bits per heavy atom. The molecule has 1 saturated heterocycles. The van der Waals surface area contributed by atoms with Crippen molar-refractivity contribution in [3.63, 3.8) is 0 Å². The van der Waals surface area contributed by atoms with E-state index in [2.05, 4.69) is 17.1 Å². The van der Waals surface area contributed by atoms with Gasteiger partial charge in [0.05, 0.1) is 0 Å². The van der Waals surface area contributed by atoms with E-state index in [9.17, 15) is 0 Å². The lowest BCUT2D eigenvalue weighted by Gasteiger charge is -2.24. The van der Waals surface area contributed by atoms with Crippen LogP contribution < -0.4 is 5.32 Å². The van der Waals surface area contributed by atoms with Gasteiger partial charge in [0.25, 0.3) is 0 Å². The first-order valence-corrected chi connectivity index (χ1v) is 7.36. The molecule has 1 fully saturated rings. The maximum Gasteiger partial charge on any atom is -0.000663 e. The fraction of sp³-hybridized carbons (Fsp3) is 1.00. The highest BCUT2D eigenvalue weighted by Gasteiger charge is 2.06. The van der Waals surface area contributed by atoms with E-state index in [4.69, 9.17) is 0 Å². The summed E-state index contributed by atoms with van der Waals surface area (Å²) in [6, 6.07) is 0. The Labute approximate surface area is 102 Å². The number of nitrogens with one attached hydrogen (secondary N) is 1. The third kappa shape index (κ3) is 7.24. The molecule has 0 aromatic heterocycles. The Balaban J connectivity index is 1.93. The van der Waals surface area contributed by atoms with Crippen LogP contribution in [0.2, 0.25) is 0 Å². The number of rotatable bonds is 7. The fourth-order valence-corrected chi connectivity index (χ4v) is 2.43. The van der Waals surface area contributed by atoms with Crippen molar-refractivity contribution in [2.45, 2.75) is 58.3 Å². The molecule has 0 amide bonds. The van der Waals surface area contributed by atoms with E-state index in [0.717, 1.165) is 0 Å². The van der Waals surface area contributed by atoms with Crippen LogP contribution in [0.4, 0.5) is 0 Å². The van der Waals surface area contributed by atoms with Crippen LogP contribution in [0.15, 0.2) is 0 Å². The highest BCUT2D eigenvalue weighted by atomic mass is 15.1. The molecule has 2 heteroatoms. The highest BCUT2D eigenvalue weighted by molar-refractivity contribution is 4.64. The van der Waals surface area contributed by atoms with Crippen molar-refractivity contribution in [2.75, 3.05) is 32.7 Å². The van der Waals surface area contributed by atoms with Gasteiger partial charge in [-0.1, -0.05) is 39.0 Å². The molecule has 0 bridgehead atoms. The van der Waals surface area contributed by atoms with Gasteiger partial charge in [-0.3, -0.25) is 0 Å². The quantitative estimate of drug-likeness (QED) is 0.671. The van der Waals surface area contributed by atoms with E-state index in [-0.39, 0.29) is 0 Å². The van der Waals surface area contributed by atoms with Gasteiger partial charge in [0, 0.05) is 0 Å². The molecule has 1 aliphatic rings. The second kappa shape index (κ2) is 10.1. The van der Waals surface area contributed by atoms with Crippen LogP contribution in [-0.2, 0) is 0 Å². The molecular weight excluding hydrogens is 196 g/mol. The molecule has 16 heavy (non-hydrogen) atoms. The van der Waals surface area contributed by atoms with Crippen molar-refractivity contribution in [3.8, 4) is 0 Å². The molecule has 2 nitrogen and oxygen atoms in total. The molecule has 0 saturated carbocycles. The number of hydrogen-bond donors (Lipinski definition) is 1. The molecule has 0 atom stereocenters. The lowest BCUT2D eigenvalue weighted by Crippen LogP contribution is -2.34. The van der Waals surface area contributed by atoms with Crippen LogP contribution >= 0.6 is 0 Å². The average molecular weight is 226 g/mol. The molecule has 0 aromatic rings. The molecule has 1 heterocycles. The molecule has 1 N–H and O–H groups in total. The normalized spacial score (nSPS) is 19.3.